The first kappa shape index (κ1) is 14.0. The second-order valence-corrected chi connectivity index (χ2v) is 7.05. The van der Waals surface area contributed by atoms with Crippen molar-refractivity contribution in [2.75, 3.05) is 6.61 Å². The van der Waals surface area contributed by atoms with Gasteiger partial charge < -0.3 is 9.72 Å². The van der Waals surface area contributed by atoms with Crippen molar-refractivity contribution < 1.29 is 4.74 Å². The Morgan fingerprint density at radius 1 is 1.40 bits per heavy atom. The Balaban J connectivity index is 1.75. The Bertz CT molecular complexity index is 723. The minimum atomic E-state index is 0.675. The summed E-state index contributed by atoms with van der Waals surface area (Å²) < 4.78 is 6.64. The summed E-state index contributed by atoms with van der Waals surface area (Å²) >= 11 is 6.94. The van der Waals surface area contributed by atoms with Crippen molar-refractivity contribution in [3.63, 3.8) is 0 Å². The minimum Gasteiger partial charge on any atom is -0.494 e. The van der Waals surface area contributed by atoms with Gasteiger partial charge in [-0.3, -0.25) is 0 Å². The van der Waals surface area contributed by atoms with Gasteiger partial charge in [0.15, 0.2) is 5.16 Å². The molecule has 1 aromatic carbocycles. The van der Waals surface area contributed by atoms with E-state index in [9.17, 15) is 0 Å². The molecular weight excluding hydrogens is 356 g/mol. The van der Waals surface area contributed by atoms with Gasteiger partial charge >= 0.3 is 0 Å². The molecule has 0 saturated carbocycles. The van der Waals surface area contributed by atoms with E-state index in [0.717, 1.165) is 32.2 Å². The number of nitrogens with one attached hydrogen (secondary N) is 1. The van der Waals surface area contributed by atoms with Gasteiger partial charge in [-0.25, -0.2) is 4.98 Å². The Morgan fingerprint density at radius 3 is 3.05 bits per heavy atom. The van der Waals surface area contributed by atoms with E-state index in [4.69, 9.17) is 4.74 Å². The molecule has 2 heterocycles. The lowest BCUT2D eigenvalue weighted by molar-refractivity contribution is 0.340. The monoisotopic (exact) mass is 368 g/mol. The third kappa shape index (κ3) is 3.19. The number of aromatic nitrogens is 2. The number of ether oxygens (including phenoxy) is 1. The van der Waals surface area contributed by atoms with Crippen LogP contribution in [0.25, 0.3) is 11.0 Å². The smallest absolute Gasteiger partial charge is 0.166 e. The van der Waals surface area contributed by atoms with Crippen LogP contribution in [0.5, 0.6) is 5.75 Å². The first-order valence-electron chi connectivity index (χ1n) is 6.23. The first-order chi connectivity index (χ1) is 9.74. The number of rotatable bonds is 5. The van der Waals surface area contributed by atoms with E-state index in [-0.39, 0.29) is 0 Å². The van der Waals surface area contributed by atoms with Crippen molar-refractivity contribution in [3.8, 4) is 5.75 Å². The van der Waals surface area contributed by atoms with Crippen molar-refractivity contribution in [1.29, 1.82) is 0 Å². The van der Waals surface area contributed by atoms with E-state index >= 15 is 0 Å². The highest BCUT2D eigenvalue weighted by atomic mass is 79.9. The van der Waals surface area contributed by atoms with E-state index in [1.807, 2.05) is 25.1 Å². The van der Waals surface area contributed by atoms with Crippen LogP contribution in [0.3, 0.4) is 0 Å². The third-order valence-corrected chi connectivity index (χ3v) is 5.52. The van der Waals surface area contributed by atoms with E-state index in [0.29, 0.717) is 6.61 Å². The van der Waals surface area contributed by atoms with Gasteiger partial charge in [0.05, 0.1) is 17.6 Å². The molecule has 0 aliphatic rings. The number of fused-ring (bicyclic) bond motifs is 1. The summed E-state index contributed by atoms with van der Waals surface area (Å²) in [4.78, 5) is 9.25. The molecule has 0 spiro atoms. The Kier molecular flexibility index (Phi) is 4.33. The normalized spacial score (nSPS) is 11.1. The molecule has 0 unspecified atom stereocenters. The first-order valence-corrected chi connectivity index (χ1v) is 8.88. The van der Waals surface area contributed by atoms with Crippen molar-refractivity contribution >= 4 is 50.1 Å². The number of nitrogens with zero attached hydrogens (tertiary/aromatic N) is 1. The Morgan fingerprint density at radius 2 is 2.30 bits per heavy atom. The minimum absolute atomic E-state index is 0.675. The zero-order chi connectivity index (χ0) is 13.9. The van der Waals surface area contributed by atoms with Gasteiger partial charge in [-0.15, -0.1) is 11.3 Å². The van der Waals surface area contributed by atoms with Crippen LogP contribution in [0.15, 0.2) is 39.3 Å². The van der Waals surface area contributed by atoms with Crippen LogP contribution >= 0.6 is 39.0 Å². The number of imidazole rings is 1. The predicted octanol–water partition coefficient (Wildman–Crippen LogP) is 5.08. The zero-order valence-corrected chi connectivity index (χ0v) is 14.1. The molecule has 3 aromatic rings. The molecule has 0 aliphatic carbocycles. The fourth-order valence-corrected chi connectivity index (χ4v) is 4.25. The lowest BCUT2D eigenvalue weighted by Gasteiger charge is -2.00. The highest BCUT2D eigenvalue weighted by Gasteiger charge is 2.06. The van der Waals surface area contributed by atoms with Gasteiger partial charge in [0.25, 0.3) is 0 Å². The molecule has 0 aliphatic heterocycles. The maximum atomic E-state index is 5.50. The lowest BCUT2D eigenvalue weighted by Crippen LogP contribution is -1.90. The van der Waals surface area contributed by atoms with Crippen molar-refractivity contribution in [2.24, 2.45) is 0 Å². The number of benzene rings is 1. The predicted molar refractivity (Wildman–Crippen MR) is 88.8 cm³/mol. The molecule has 104 valence electrons. The summed E-state index contributed by atoms with van der Waals surface area (Å²) in [6.07, 6.45) is 0. The van der Waals surface area contributed by atoms with Crippen LogP contribution in [0.1, 0.15) is 11.8 Å². The summed E-state index contributed by atoms with van der Waals surface area (Å²) in [7, 11) is 0. The average Bonchev–Trinajstić information content (AvgIpc) is 3.02. The average molecular weight is 369 g/mol. The topological polar surface area (TPSA) is 37.9 Å². The largest absolute Gasteiger partial charge is 0.494 e. The molecule has 0 radical (unpaired) electrons. The van der Waals surface area contributed by atoms with E-state index in [1.54, 1.807) is 23.1 Å². The van der Waals surface area contributed by atoms with Gasteiger partial charge in [-0.1, -0.05) is 11.8 Å². The van der Waals surface area contributed by atoms with Crippen molar-refractivity contribution in [3.05, 3.63) is 39.0 Å². The summed E-state index contributed by atoms with van der Waals surface area (Å²) in [5.74, 6) is 1.80. The highest BCUT2D eigenvalue weighted by molar-refractivity contribution is 9.10. The molecule has 0 bridgehead atoms. The molecule has 0 fully saturated rings. The molecule has 0 atom stereocenters. The number of H-pyrrole nitrogens is 1. The van der Waals surface area contributed by atoms with E-state index in [2.05, 4.69) is 37.3 Å². The highest BCUT2D eigenvalue weighted by Crippen LogP contribution is 2.28. The summed E-state index contributed by atoms with van der Waals surface area (Å²) in [5.41, 5.74) is 1.99. The lowest BCUT2D eigenvalue weighted by atomic mass is 10.3. The second-order valence-electron chi connectivity index (χ2n) is 4.17. The molecule has 3 nitrogen and oxygen atoms in total. The molecule has 1 N–H and O–H groups in total. The molecule has 20 heavy (non-hydrogen) atoms. The molecule has 2 aromatic heterocycles. The van der Waals surface area contributed by atoms with E-state index in [1.165, 1.54) is 4.88 Å². The zero-order valence-electron chi connectivity index (χ0n) is 10.9. The SMILES string of the molecule is CCOc1ccc2nc(SCc3cc(Br)cs3)[nH]c2c1. The maximum absolute atomic E-state index is 5.50. The summed E-state index contributed by atoms with van der Waals surface area (Å²) in [5, 5.41) is 3.04. The number of halogens is 1. The molecule has 0 saturated heterocycles. The third-order valence-electron chi connectivity index (χ3n) is 2.72. The standard InChI is InChI=1S/C14H13BrN2OS2/c1-2-18-10-3-4-12-13(6-10)17-14(16-12)20-8-11-5-9(15)7-19-11/h3-7H,2,8H2,1H3,(H,16,17). The number of aromatic amines is 1. The van der Waals surface area contributed by atoms with Crippen LogP contribution in [0, 0.1) is 0 Å². The van der Waals surface area contributed by atoms with Gasteiger partial charge in [0, 0.05) is 26.5 Å². The summed E-state index contributed by atoms with van der Waals surface area (Å²) in [6, 6.07) is 8.09. The van der Waals surface area contributed by atoms with Crippen LogP contribution < -0.4 is 4.74 Å². The van der Waals surface area contributed by atoms with Gasteiger partial charge in [-0.05, 0) is 41.1 Å². The maximum Gasteiger partial charge on any atom is 0.166 e. The van der Waals surface area contributed by atoms with Gasteiger partial charge in [0.2, 0.25) is 0 Å². The van der Waals surface area contributed by atoms with Crippen molar-refractivity contribution in [2.45, 2.75) is 17.8 Å². The molecule has 3 rings (SSSR count). The molecule has 0 amide bonds. The number of thiophene rings is 1. The second kappa shape index (κ2) is 6.20. The Hall–Kier alpha value is -0.980. The number of hydrogen-bond donors (Lipinski definition) is 1. The van der Waals surface area contributed by atoms with Gasteiger partial charge in [0.1, 0.15) is 5.75 Å². The summed E-state index contributed by atoms with van der Waals surface area (Å²) in [6.45, 7) is 2.66. The van der Waals surface area contributed by atoms with Crippen molar-refractivity contribution in [1.82, 2.24) is 9.97 Å². The molecular formula is C14H13BrN2OS2. The van der Waals surface area contributed by atoms with Crippen LogP contribution in [0.4, 0.5) is 0 Å². The van der Waals surface area contributed by atoms with Crippen LogP contribution in [-0.4, -0.2) is 16.6 Å². The van der Waals surface area contributed by atoms with Crippen LogP contribution in [0.2, 0.25) is 0 Å². The fourth-order valence-electron chi connectivity index (χ4n) is 1.86. The van der Waals surface area contributed by atoms with E-state index < -0.39 is 0 Å². The quantitative estimate of drug-likeness (QED) is 0.638. The van der Waals surface area contributed by atoms with Gasteiger partial charge in [-0.2, -0.15) is 0 Å². The number of thioether (sulfide) groups is 1. The Labute approximate surface area is 133 Å². The number of hydrogen-bond acceptors (Lipinski definition) is 4. The molecule has 6 heteroatoms. The fraction of sp³-hybridized carbons (Fsp3) is 0.214. The van der Waals surface area contributed by atoms with Crippen LogP contribution in [-0.2, 0) is 5.75 Å².